The van der Waals surface area contributed by atoms with E-state index in [1.807, 2.05) is 11.8 Å². The van der Waals surface area contributed by atoms with E-state index >= 15 is 0 Å². The number of hydrogen-bond acceptors (Lipinski definition) is 1. The molecule has 0 atom stereocenters. The SMILES string of the molecule is CC(C)(C)C(C)(C(C)(C)C)C(F)(F)F.CC(C)(C)SC(C)(C)C. The Bertz CT molecular complexity index is 306. The largest absolute Gasteiger partial charge is 0.395 e. The smallest absolute Gasteiger partial charge is 0.170 e. The number of rotatable bonds is 0. The molecule has 0 bridgehead atoms. The fraction of sp³-hybridized carbons (Fsp3) is 1.00. The minimum Gasteiger partial charge on any atom is -0.170 e. The van der Waals surface area contributed by atoms with Crippen LogP contribution in [0.5, 0.6) is 0 Å². The van der Waals surface area contributed by atoms with Gasteiger partial charge in [-0.1, -0.05) is 83.1 Å². The van der Waals surface area contributed by atoms with Crippen molar-refractivity contribution < 1.29 is 13.2 Å². The van der Waals surface area contributed by atoms with E-state index in [1.165, 1.54) is 6.92 Å². The van der Waals surface area contributed by atoms with E-state index < -0.39 is 22.4 Å². The van der Waals surface area contributed by atoms with Crippen molar-refractivity contribution in [2.24, 2.45) is 16.2 Å². The van der Waals surface area contributed by atoms with Crippen molar-refractivity contribution >= 4 is 11.8 Å². The standard InChI is InChI=1S/C11H21F3.C8H18S/c1-8(2,3)10(7,9(4,5)6)11(12,13)14;1-7(2,3)9-8(4,5)6/h1-7H3;1-6H3. The molecule has 0 unspecified atom stereocenters. The summed E-state index contributed by atoms with van der Waals surface area (Å²) in [5.74, 6) is 0. The molecule has 0 aromatic carbocycles. The Kier molecular flexibility index (Phi) is 7.92. The molecular weight excluding hydrogens is 317 g/mol. The van der Waals surface area contributed by atoms with Crippen LogP contribution in [-0.4, -0.2) is 15.7 Å². The Morgan fingerprint density at radius 3 is 0.696 bits per heavy atom. The second kappa shape index (κ2) is 7.17. The van der Waals surface area contributed by atoms with Gasteiger partial charge in [0.25, 0.3) is 0 Å². The van der Waals surface area contributed by atoms with Crippen molar-refractivity contribution in [3.05, 3.63) is 0 Å². The molecule has 0 aromatic rings. The molecule has 0 nitrogen and oxygen atoms in total. The first-order chi connectivity index (χ1) is 9.46. The molecule has 142 valence electrons. The quantitative estimate of drug-likeness (QED) is 0.424. The Hall–Kier alpha value is 0.140. The zero-order valence-electron chi connectivity index (χ0n) is 17.5. The molecule has 0 saturated heterocycles. The molecule has 4 heteroatoms. The lowest BCUT2D eigenvalue weighted by Crippen LogP contribution is -2.54. The third-order valence-corrected chi connectivity index (χ3v) is 5.40. The Labute approximate surface area is 147 Å². The van der Waals surface area contributed by atoms with E-state index in [1.54, 1.807) is 41.5 Å². The lowest BCUT2D eigenvalue weighted by Gasteiger charge is -2.51. The highest BCUT2D eigenvalue weighted by Gasteiger charge is 2.63. The third kappa shape index (κ3) is 8.18. The summed E-state index contributed by atoms with van der Waals surface area (Å²) in [5.41, 5.74) is -3.29. The summed E-state index contributed by atoms with van der Waals surface area (Å²) in [6.07, 6.45) is -4.18. The molecule has 0 rings (SSSR count). The number of alkyl halides is 3. The van der Waals surface area contributed by atoms with Gasteiger partial charge in [-0.25, -0.2) is 0 Å². The van der Waals surface area contributed by atoms with Gasteiger partial charge in [-0.05, 0) is 17.8 Å². The first-order valence-electron chi connectivity index (χ1n) is 8.23. The first kappa shape index (κ1) is 25.4. The fourth-order valence-corrected chi connectivity index (χ4v) is 4.73. The highest BCUT2D eigenvalue weighted by molar-refractivity contribution is 8.01. The van der Waals surface area contributed by atoms with Gasteiger partial charge < -0.3 is 0 Å². The van der Waals surface area contributed by atoms with Crippen molar-refractivity contribution in [1.29, 1.82) is 0 Å². The van der Waals surface area contributed by atoms with Crippen LogP contribution in [0.4, 0.5) is 13.2 Å². The van der Waals surface area contributed by atoms with E-state index in [-0.39, 0.29) is 0 Å². The van der Waals surface area contributed by atoms with Crippen LogP contribution in [0.2, 0.25) is 0 Å². The van der Waals surface area contributed by atoms with Crippen molar-refractivity contribution in [1.82, 2.24) is 0 Å². The lowest BCUT2D eigenvalue weighted by atomic mass is 9.54. The highest BCUT2D eigenvalue weighted by atomic mass is 32.2. The molecule has 0 spiro atoms. The van der Waals surface area contributed by atoms with Gasteiger partial charge in [0.15, 0.2) is 0 Å². The average molecular weight is 357 g/mol. The summed E-state index contributed by atoms with van der Waals surface area (Å²) in [4.78, 5) is 0. The Balaban J connectivity index is 0. The zero-order chi connectivity index (χ0) is 19.7. The monoisotopic (exact) mass is 356 g/mol. The second-order valence-corrected chi connectivity index (χ2v) is 13.1. The predicted molar refractivity (Wildman–Crippen MR) is 100 cm³/mol. The number of thioether (sulfide) groups is 1. The van der Waals surface area contributed by atoms with E-state index in [4.69, 9.17) is 0 Å². The summed E-state index contributed by atoms with van der Waals surface area (Å²) in [6.45, 7) is 24.7. The number of halogens is 3. The van der Waals surface area contributed by atoms with Gasteiger partial charge >= 0.3 is 6.18 Å². The van der Waals surface area contributed by atoms with Gasteiger partial charge in [0.1, 0.15) is 0 Å². The maximum absolute atomic E-state index is 13.1. The maximum atomic E-state index is 13.1. The van der Waals surface area contributed by atoms with Crippen molar-refractivity contribution in [3.63, 3.8) is 0 Å². The van der Waals surface area contributed by atoms with E-state index in [0.29, 0.717) is 9.49 Å². The third-order valence-electron chi connectivity index (χ3n) is 4.18. The average Bonchev–Trinajstić information content (AvgIpc) is 2.05. The van der Waals surface area contributed by atoms with Crippen LogP contribution >= 0.6 is 11.8 Å². The normalized spacial score (nSPS) is 15.1. The topological polar surface area (TPSA) is 0 Å². The number of hydrogen-bond donors (Lipinski definition) is 0. The fourth-order valence-electron chi connectivity index (χ4n) is 2.89. The van der Waals surface area contributed by atoms with Gasteiger partial charge in [-0.15, -0.1) is 0 Å². The molecule has 0 fully saturated rings. The van der Waals surface area contributed by atoms with Crippen LogP contribution in [0.15, 0.2) is 0 Å². The molecule has 0 N–H and O–H groups in total. The van der Waals surface area contributed by atoms with Crippen LogP contribution < -0.4 is 0 Å². The van der Waals surface area contributed by atoms with Gasteiger partial charge in [-0.3, -0.25) is 0 Å². The molecule has 0 aliphatic heterocycles. The molecule has 23 heavy (non-hydrogen) atoms. The minimum absolute atomic E-state index is 0.401. The summed E-state index contributed by atoms with van der Waals surface area (Å²) >= 11 is 2.01. The van der Waals surface area contributed by atoms with E-state index in [2.05, 4.69) is 41.5 Å². The molecule has 0 radical (unpaired) electrons. The van der Waals surface area contributed by atoms with Crippen LogP contribution in [0.25, 0.3) is 0 Å². The molecule has 0 saturated carbocycles. The lowest BCUT2D eigenvalue weighted by molar-refractivity contribution is -0.286. The van der Waals surface area contributed by atoms with E-state index in [9.17, 15) is 13.2 Å². The molecule has 0 amide bonds. The van der Waals surface area contributed by atoms with Crippen LogP contribution in [0.1, 0.15) is 90.0 Å². The summed E-state index contributed by atoms with van der Waals surface area (Å²) in [5, 5.41) is 0. The van der Waals surface area contributed by atoms with Crippen molar-refractivity contribution in [2.75, 3.05) is 0 Å². The second-order valence-electron chi connectivity index (χ2n) is 10.4. The minimum atomic E-state index is -4.18. The van der Waals surface area contributed by atoms with Crippen LogP contribution in [0, 0.1) is 16.2 Å². The van der Waals surface area contributed by atoms with Gasteiger partial charge in [0.2, 0.25) is 0 Å². The van der Waals surface area contributed by atoms with Crippen LogP contribution in [-0.2, 0) is 0 Å². The maximum Gasteiger partial charge on any atom is 0.395 e. The predicted octanol–water partition coefficient (Wildman–Crippen LogP) is 7.96. The molecule has 0 aromatic heterocycles. The Morgan fingerprint density at radius 1 is 0.478 bits per heavy atom. The molecule has 0 aliphatic carbocycles. The summed E-state index contributed by atoms with van der Waals surface area (Å²) < 4.78 is 40.1. The molecule has 0 aliphatic rings. The van der Waals surface area contributed by atoms with Crippen molar-refractivity contribution in [3.8, 4) is 0 Å². The van der Waals surface area contributed by atoms with Gasteiger partial charge in [0, 0.05) is 9.49 Å². The first-order valence-corrected chi connectivity index (χ1v) is 9.04. The molecule has 0 heterocycles. The van der Waals surface area contributed by atoms with Gasteiger partial charge in [-0.2, -0.15) is 24.9 Å². The van der Waals surface area contributed by atoms with Crippen molar-refractivity contribution in [2.45, 2.75) is 106 Å². The molecular formula is C19H39F3S. The zero-order valence-corrected chi connectivity index (χ0v) is 18.4. The summed E-state index contributed by atoms with van der Waals surface area (Å²) in [6, 6.07) is 0. The van der Waals surface area contributed by atoms with Gasteiger partial charge in [0.05, 0.1) is 5.41 Å². The highest BCUT2D eigenvalue weighted by Crippen LogP contribution is 2.60. The van der Waals surface area contributed by atoms with E-state index in [0.717, 1.165) is 0 Å². The van der Waals surface area contributed by atoms with Crippen LogP contribution in [0.3, 0.4) is 0 Å². The summed E-state index contributed by atoms with van der Waals surface area (Å²) in [7, 11) is 0. The Morgan fingerprint density at radius 2 is 0.696 bits per heavy atom.